The molecule has 1 fully saturated rings. The number of hydrogen-bond acceptors (Lipinski definition) is 3. The van der Waals surface area contributed by atoms with Gasteiger partial charge in [-0.3, -0.25) is 0 Å². The van der Waals surface area contributed by atoms with Crippen LogP contribution in [0.15, 0.2) is 0 Å². The molecular weight excluding hydrogens is 190 g/mol. The van der Waals surface area contributed by atoms with Crippen molar-refractivity contribution in [1.29, 1.82) is 0 Å². The minimum absolute atomic E-state index is 0.0768. The molecule has 1 heterocycles. The first-order chi connectivity index (χ1) is 6.90. The van der Waals surface area contributed by atoms with Gasteiger partial charge in [0.1, 0.15) is 0 Å². The maximum absolute atomic E-state index is 6.19. The fourth-order valence-corrected chi connectivity index (χ4v) is 2.00. The van der Waals surface area contributed by atoms with Crippen molar-refractivity contribution in [1.82, 2.24) is 0 Å². The van der Waals surface area contributed by atoms with Crippen molar-refractivity contribution in [3.05, 3.63) is 0 Å². The Labute approximate surface area is 93.3 Å². The summed E-state index contributed by atoms with van der Waals surface area (Å²) in [5.74, 6) is 0. The predicted molar refractivity (Wildman–Crippen MR) is 61.9 cm³/mol. The summed E-state index contributed by atoms with van der Waals surface area (Å²) in [7, 11) is 1.75. The van der Waals surface area contributed by atoms with Crippen LogP contribution in [-0.4, -0.2) is 31.0 Å². The molecule has 1 aliphatic heterocycles. The van der Waals surface area contributed by atoms with Gasteiger partial charge in [0, 0.05) is 19.8 Å². The molecule has 90 valence electrons. The first-order valence-electron chi connectivity index (χ1n) is 5.84. The highest BCUT2D eigenvalue weighted by atomic mass is 16.5. The van der Waals surface area contributed by atoms with Gasteiger partial charge >= 0.3 is 0 Å². The van der Waals surface area contributed by atoms with Gasteiger partial charge in [-0.25, -0.2) is 0 Å². The first kappa shape index (κ1) is 12.9. The van der Waals surface area contributed by atoms with Gasteiger partial charge in [-0.15, -0.1) is 0 Å². The van der Waals surface area contributed by atoms with Gasteiger partial charge in [0.2, 0.25) is 0 Å². The summed E-state index contributed by atoms with van der Waals surface area (Å²) < 4.78 is 11.1. The Hall–Kier alpha value is -0.120. The summed E-state index contributed by atoms with van der Waals surface area (Å²) in [6.07, 6.45) is 4.15. The average Bonchev–Trinajstić information content (AvgIpc) is 2.63. The lowest BCUT2D eigenvalue weighted by Gasteiger charge is -2.33. The first-order valence-corrected chi connectivity index (χ1v) is 5.84. The largest absolute Gasteiger partial charge is 0.379 e. The summed E-state index contributed by atoms with van der Waals surface area (Å²) in [6.45, 7) is 7.18. The van der Waals surface area contributed by atoms with E-state index in [-0.39, 0.29) is 17.2 Å². The van der Waals surface area contributed by atoms with Crippen LogP contribution in [0.2, 0.25) is 0 Å². The van der Waals surface area contributed by atoms with Gasteiger partial charge < -0.3 is 15.2 Å². The quantitative estimate of drug-likeness (QED) is 0.763. The predicted octanol–water partition coefficient (Wildman–Crippen LogP) is 2.09. The highest BCUT2D eigenvalue weighted by molar-refractivity contribution is 4.91. The number of methoxy groups -OCH3 is 1. The molecule has 1 saturated heterocycles. The number of hydrogen-bond donors (Lipinski definition) is 1. The molecule has 3 heteroatoms. The van der Waals surface area contributed by atoms with Crippen LogP contribution in [0.1, 0.15) is 46.5 Å². The normalized spacial score (nSPS) is 29.4. The lowest BCUT2D eigenvalue weighted by atomic mass is 9.87. The molecule has 0 aliphatic carbocycles. The molecule has 1 rings (SSSR count). The van der Waals surface area contributed by atoms with Crippen LogP contribution in [0.4, 0.5) is 0 Å². The van der Waals surface area contributed by atoms with Gasteiger partial charge in [-0.05, 0) is 46.5 Å². The lowest BCUT2D eigenvalue weighted by molar-refractivity contribution is -0.0209. The summed E-state index contributed by atoms with van der Waals surface area (Å²) in [4.78, 5) is 0. The zero-order valence-corrected chi connectivity index (χ0v) is 10.5. The smallest absolute Gasteiger partial charge is 0.0805 e. The summed E-state index contributed by atoms with van der Waals surface area (Å²) in [5.41, 5.74) is 6.01. The van der Waals surface area contributed by atoms with Crippen LogP contribution < -0.4 is 5.73 Å². The van der Waals surface area contributed by atoms with Crippen LogP contribution in [0.5, 0.6) is 0 Å². The molecule has 0 aromatic carbocycles. The van der Waals surface area contributed by atoms with Gasteiger partial charge in [-0.2, -0.15) is 0 Å². The Morgan fingerprint density at radius 1 is 1.53 bits per heavy atom. The zero-order valence-electron chi connectivity index (χ0n) is 10.5. The molecule has 2 atom stereocenters. The number of ether oxygens (including phenoxy) is 2. The third-order valence-corrected chi connectivity index (χ3v) is 3.64. The standard InChI is InChI=1S/C12H25NO2/c1-11(2,14-4)8-6-10(13)12(3)7-5-9-15-12/h10H,5-9,13H2,1-4H3. The van der Waals surface area contributed by atoms with Crippen molar-refractivity contribution >= 4 is 0 Å². The molecule has 0 aromatic rings. The Balaban J connectivity index is 2.38. The van der Waals surface area contributed by atoms with Crippen molar-refractivity contribution in [3.8, 4) is 0 Å². The molecule has 3 nitrogen and oxygen atoms in total. The molecule has 0 radical (unpaired) electrons. The fourth-order valence-electron chi connectivity index (χ4n) is 2.00. The van der Waals surface area contributed by atoms with E-state index in [1.54, 1.807) is 7.11 Å². The van der Waals surface area contributed by atoms with Crippen LogP contribution in [0.25, 0.3) is 0 Å². The highest BCUT2D eigenvalue weighted by Crippen LogP contribution is 2.30. The van der Waals surface area contributed by atoms with Gasteiger partial charge in [0.25, 0.3) is 0 Å². The summed E-state index contributed by atoms with van der Waals surface area (Å²) in [5, 5.41) is 0. The van der Waals surface area contributed by atoms with Crippen molar-refractivity contribution in [2.45, 2.75) is 63.7 Å². The van der Waals surface area contributed by atoms with E-state index < -0.39 is 0 Å². The third-order valence-electron chi connectivity index (χ3n) is 3.64. The van der Waals surface area contributed by atoms with Crippen LogP contribution >= 0.6 is 0 Å². The summed E-state index contributed by atoms with van der Waals surface area (Å²) >= 11 is 0. The fraction of sp³-hybridized carbons (Fsp3) is 1.00. The highest BCUT2D eigenvalue weighted by Gasteiger charge is 2.36. The summed E-state index contributed by atoms with van der Waals surface area (Å²) in [6, 6.07) is 0.120. The second-order valence-corrected chi connectivity index (χ2v) is 5.37. The third kappa shape index (κ3) is 3.44. The molecular formula is C12H25NO2. The van der Waals surface area contributed by atoms with Gasteiger partial charge in [0.15, 0.2) is 0 Å². The van der Waals surface area contributed by atoms with E-state index in [1.807, 2.05) is 0 Å². The molecule has 2 N–H and O–H groups in total. The maximum Gasteiger partial charge on any atom is 0.0805 e. The lowest BCUT2D eigenvalue weighted by Crippen LogP contribution is -2.46. The second kappa shape index (κ2) is 4.81. The van der Waals surface area contributed by atoms with E-state index in [2.05, 4.69) is 20.8 Å². The number of nitrogens with two attached hydrogens (primary N) is 1. The topological polar surface area (TPSA) is 44.5 Å². The Kier molecular flexibility index (Phi) is 4.15. The Morgan fingerprint density at radius 2 is 2.20 bits per heavy atom. The molecule has 15 heavy (non-hydrogen) atoms. The van der Waals surface area contributed by atoms with Gasteiger partial charge in [0.05, 0.1) is 11.2 Å². The van der Waals surface area contributed by atoms with E-state index in [9.17, 15) is 0 Å². The minimum atomic E-state index is -0.107. The van der Waals surface area contributed by atoms with E-state index in [0.717, 1.165) is 32.3 Å². The van der Waals surface area contributed by atoms with E-state index >= 15 is 0 Å². The molecule has 0 spiro atoms. The van der Waals surface area contributed by atoms with E-state index in [0.29, 0.717) is 0 Å². The number of rotatable bonds is 5. The van der Waals surface area contributed by atoms with Crippen molar-refractivity contribution in [3.63, 3.8) is 0 Å². The van der Waals surface area contributed by atoms with E-state index in [4.69, 9.17) is 15.2 Å². The van der Waals surface area contributed by atoms with Crippen molar-refractivity contribution < 1.29 is 9.47 Å². The zero-order chi connectivity index (χ0) is 11.5. The van der Waals surface area contributed by atoms with Crippen LogP contribution in [0, 0.1) is 0 Å². The van der Waals surface area contributed by atoms with Crippen molar-refractivity contribution in [2.75, 3.05) is 13.7 Å². The van der Waals surface area contributed by atoms with Crippen LogP contribution in [-0.2, 0) is 9.47 Å². The monoisotopic (exact) mass is 215 g/mol. The van der Waals surface area contributed by atoms with Gasteiger partial charge in [-0.1, -0.05) is 0 Å². The molecule has 0 aromatic heterocycles. The van der Waals surface area contributed by atoms with Crippen LogP contribution in [0.3, 0.4) is 0 Å². The minimum Gasteiger partial charge on any atom is -0.379 e. The Morgan fingerprint density at radius 3 is 2.67 bits per heavy atom. The molecule has 1 aliphatic rings. The second-order valence-electron chi connectivity index (χ2n) is 5.37. The van der Waals surface area contributed by atoms with E-state index in [1.165, 1.54) is 0 Å². The molecule has 2 unspecified atom stereocenters. The molecule has 0 saturated carbocycles. The average molecular weight is 215 g/mol. The SMILES string of the molecule is COC(C)(C)CCC(N)C1(C)CCCO1. The molecule has 0 bridgehead atoms. The molecule has 0 amide bonds. The Bertz CT molecular complexity index is 198. The van der Waals surface area contributed by atoms with Crippen molar-refractivity contribution in [2.24, 2.45) is 5.73 Å². The maximum atomic E-state index is 6.19.